The van der Waals surface area contributed by atoms with Crippen LogP contribution in [0.2, 0.25) is 0 Å². The molecule has 18 heteroatoms. The van der Waals surface area contributed by atoms with Crippen LogP contribution in [0.3, 0.4) is 0 Å². The normalized spacial score (nSPS) is 16.2. The molecule has 0 radical (unpaired) electrons. The molecule has 462 valence electrons. The second-order valence-corrected chi connectivity index (χ2v) is 22.5. The molecule has 17 nitrogen and oxygen atoms in total. The van der Waals surface area contributed by atoms with Crippen LogP contribution in [0.25, 0.3) is 10.2 Å². The highest BCUT2D eigenvalue weighted by atomic mass is 32.1. The molecule has 0 bridgehead atoms. The number of nitrogens with zero attached hydrogens (tertiary/aromatic N) is 1. The van der Waals surface area contributed by atoms with Gasteiger partial charge in [-0.1, -0.05) is 68.9 Å². The number of para-hydroxylation sites is 1. The Hall–Kier alpha value is -7.86. The number of hydrogen-bond donors (Lipinski definition) is 2. The molecular formula is C68H85N3O14S. The molecule has 0 amide bonds. The van der Waals surface area contributed by atoms with Crippen LogP contribution < -0.4 is 29.0 Å². The highest BCUT2D eigenvalue weighted by molar-refractivity contribution is 7.22. The molecule has 0 atom stereocenters. The Morgan fingerprint density at radius 2 is 1.00 bits per heavy atom. The van der Waals surface area contributed by atoms with E-state index in [-0.39, 0.29) is 48.0 Å². The number of fused-ring (bicyclic) bond motifs is 1. The van der Waals surface area contributed by atoms with E-state index in [0.717, 1.165) is 92.5 Å². The fraction of sp³-hybridized carbons (Fsp3) is 0.471. The standard InChI is InChI=1S/C55H67NO14.C13H18N2S/c1-3-50(57)65-34-11-7-5-9-32-63-45-22-26-47(27-23-45)68-53(60)41-16-14-40(15-17-41)52(59)67-36-31-39-13-30-49(44(37-39)38-56)70-55(62)43-20-18-42(19-21-43)54(61)69-48-28-24-46(25-29-48)64-33-10-6-8-12-35-66-51(58)4-2;1-2-3-4-7-10-14-13-15-11-8-5-6-9-12(11)16-13/h3-4,13,22-30,37-38,40-43,56H,1-2,5-12,14-21,31-36H2;5-6,8-9H,2-4,7,10H2,1H3,(H,14,15). The van der Waals surface area contributed by atoms with E-state index >= 15 is 0 Å². The maximum Gasteiger partial charge on any atom is 0.330 e. The summed E-state index contributed by atoms with van der Waals surface area (Å²) in [5.41, 5.74) is 2.33. The summed E-state index contributed by atoms with van der Waals surface area (Å²) in [5, 5.41) is 12.4. The minimum absolute atomic E-state index is 0.138. The zero-order valence-electron chi connectivity index (χ0n) is 49.8. The van der Waals surface area contributed by atoms with Gasteiger partial charge in [-0.2, -0.15) is 0 Å². The van der Waals surface area contributed by atoms with E-state index in [1.807, 2.05) is 6.07 Å². The van der Waals surface area contributed by atoms with Crippen LogP contribution in [0, 0.1) is 29.1 Å². The van der Waals surface area contributed by atoms with E-state index in [0.29, 0.717) is 113 Å². The third kappa shape index (κ3) is 24.3. The van der Waals surface area contributed by atoms with Gasteiger partial charge < -0.3 is 48.6 Å². The van der Waals surface area contributed by atoms with Crippen LogP contribution in [0.5, 0.6) is 28.7 Å². The summed E-state index contributed by atoms with van der Waals surface area (Å²) in [4.78, 5) is 78.7. The highest BCUT2D eigenvalue weighted by Crippen LogP contribution is 2.34. The Kier molecular flexibility index (Phi) is 29.9. The van der Waals surface area contributed by atoms with Crippen LogP contribution in [-0.2, 0) is 49.4 Å². The van der Waals surface area contributed by atoms with Crippen LogP contribution in [0.15, 0.2) is 116 Å². The molecule has 5 aromatic rings. The molecular weight excluding hydrogens is 1110 g/mol. The van der Waals surface area contributed by atoms with Crippen molar-refractivity contribution in [2.45, 2.75) is 142 Å². The number of esters is 6. The first kappa shape index (κ1) is 67.3. The van der Waals surface area contributed by atoms with Gasteiger partial charge in [0.25, 0.3) is 0 Å². The number of hydrogen-bond acceptors (Lipinski definition) is 18. The molecule has 0 spiro atoms. The van der Waals surface area contributed by atoms with Crippen molar-refractivity contribution in [2.75, 3.05) is 44.9 Å². The van der Waals surface area contributed by atoms with Gasteiger partial charge in [-0.25, -0.2) is 14.6 Å². The third-order valence-corrected chi connectivity index (χ3v) is 16.0. The van der Waals surface area contributed by atoms with Crippen molar-refractivity contribution in [1.82, 2.24) is 4.98 Å². The molecule has 7 rings (SSSR count). The van der Waals surface area contributed by atoms with Gasteiger partial charge in [-0.3, -0.25) is 19.2 Å². The summed E-state index contributed by atoms with van der Waals surface area (Å²) < 4.78 is 45.4. The summed E-state index contributed by atoms with van der Waals surface area (Å²) in [6, 6.07) is 27.3. The summed E-state index contributed by atoms with van der Waals surface area (Å²) in [5.74, 6) is -1.10. The van der Waals surface area contributed by atoms with Crippen molar-refractivity contribution >= 4 is 68.7 Å². The molecule has 0 unspecified atom stereocenters. The molecule has 2 fully saturated rings. The molecule has 1 heterocycles. The number of rotatable bonds is 35. The maximum absolute atomic E-state index is 13.2. The van der Waals surface area contributed by atoms with Gasteiger partial charge in [0.1, 0.15) is 28.7 Å². The van der Waals surface area contributed by atoms with Crippen molar-refractivity contribution in [1.29, 1.82) is 5.41 Å². The molecule has 0 saturated heterocycles. The molecule has 1 aromatic heterocycles. The average molecular weight is 1200 g/mol. The number of carbonyl (C=O) groups excluding carboxylic acids is 6. The zero-order chi connectivity index (χ0) is 61.1. The third-order valence-electron chi connectivity index (χ3n) is 15.0. The van der Waals surface area contributed by atoms with Crippen molar-refractivity contribution in [3.63, 3.8) is 0 Å². The molecule has 2 saturated carbocycles. The van der Waals surface area contributed by atoms with E-state index in [2.05, 4.69) is 48.6 Å². The summed E-state index contributed by atoms with van der Waals surface area (Å²) in [6.45, 7) is 12.0. The predicted octanol–water partition coefficient (Wildman–Crippen LogP) is 14.1. The second kappa shape index (κ2) is 38.2. The summed E-state index contributed by atoms with van der Waals surface area (Å²) >= 11 is 1.74. The number of benzene rings is 4. The minimum atomic E-state index is -0.410. The van der Waals surface area contributed by atoms with Crippen LogP contribution in [0.1, 0.15) is 146 Å². The number of ether oxygens (including phenoxy) is 8. The quantitative estimate of drug-likeness (QED) is 0.00960. The molecule has 0 aliphatic heterocycles. The lowest BCUT2D eigenvalue weighted by atomic mass is 9.82. The molecule has 86 heavy (non-hydrogen) atoms. The van der Waals surface area contributed by atoms with E-state index in [1.165, 1.54) is 30.4 Å². The number of nitrogens with one attached hydrogen (secondary N) is 2. The fourth-order valence-electron chi connectivity index (χ4n) is 9.93. The van der Waals surface area contributed by atoms with Crippen LogP contribution in [-0.4, -0.2) is 86.6 Å². The average Bonchev–Trinajstić information content (AvgIpc) is 4.16. The zero-order valence-corrected chi connectivity index (χ0v) is 50.6. The van der Waals surface area contributed by atoms with Gasteiger partial charge in [0.2, 0.25) is 0 Å². The SMILES string of the molecule is C=CC(=O)OCCCCCCOc1ccc(OC(=O)C2CCC(C(=O)OCCc3ccc(OC(=O)C4CCC(C(=O)Oc5ccc(OCCCCCCOC(=O)C=C)cc5)CC4)c(C=N)c3)CC2)cc1.CCCCCCNc1nc2ccccc2s1. The largest absolute Gasteiger partial charge is 0.494 e. The molecule has 2 N–H and O–H groups in total. The van der Waals surface area contributed by atoms with Gasteiger partial charge in [-0.15, -0.1) is 0 Å². The second-order valence-electron chi connectivity index (χ2n) is 21.5. The molecule has 2 aliphatic rings. The first-order chi connectivity index (χ1) is 41.9. The van der Waals surface area contributed by atoms with E-state index in [4.69, 9.17) is 43.3 Å². The number of unbranched alkanes of at least 4 members (excludes halogenated alkanes) is 9. The molecule has 4 aromatic carbocycles. The topological polar surface area (TPSA) is 225 Å². The van der Waals surface area contributed by atoms with Crippen molar-refractivity contribution in [2.24, 2.45) is 23.7 Å². The Labute approximate surface area is 510 Å². The van der Waals surface area contributed by atoms with Gasteiger partial charge in [0, 0.05) is 36.9 Å². The Balaban J connectivity index is 0.000000633. The maximum atomic E-state index is 13.2. The van der Waals surface area contributed by atoms with Crippen molar-refractivity contribution in [3.8, 4) is 28.7 Å². The lowest BCUT2D eigenvalue weighted by molar-refractivity contribution is -0.152. The monoisotopic (exact) mass is 1200 g/mol. The van der Waals surface area contributed by atoms with E-state index in [9.17, 15) is 28.8 Å². The van der Waals surface area contributed by atoms with E-state index < -0.39 is 23.8 Å². The van der Waals surface area contributed by atoms with Gasteiger partial charge in [-0.05, 0) is 188 Å². The van der Waals surface area contributed by atoms with Crippen LogP contribution in [0.4, 0.5) is 5.13 Å². The van der Waals surface area contributed by atoms with Gasteiger partial charge in [0.05, 0.1) is 66.9 Å². The van der Waals surface area contributed by atoms with E-state index in [1.54, 1.807) is 78.1 Å². The lowest BCUT2D eigenvalue weighted by Crippen LogP contribution is -2.30. The van der Waals surface area contributed by atoms with Crippen LogP contribution >= 0.6 is 11.3 Å². The van der Waals surface area contributed by atoms with Gasteiger partial charge in [0.15, 0.2) is 5.13 Å². The first-order valence-electron chi connectivity index (χ1n) is 30.5. The number of anilines is 1. The smallest absolute Gasteiger partial charge is 0.330 e. The highest BCUT2D eigenvalue weighted by Gasteiger charge is 2.34. The summed E-state index contributed by atoms with van der Waals surface area (Å²) in [6.07, 6.45) is 20.0. The fourth-order valence-corrected chi connectivity index (χ4v) is 10.8. The Morgan fingerprint density at radius 1 is 0.535 bits per heavy atom. The minimum Gasteiger partial charge on any atom is -0.494 e. The Bertz CT molecular complexity index is 2890. The van der Waals surface area contributed by atoms with Gasteiger partial charge >= 0.3 is 35.8 Å². The molecule has 2 aliphatic carbocycles. The number of thiazole rings is 1. The first-order valence-corrected chi connectivity index (χ1v) is 31.3. The van der Waals surface area contributed by atoms with Crippen molar-refractivity contribution < 1.29 is 66.7 Å². The van der Waals surface area contributed by atoms with Crippen molar-refractivity contribution in [3.05, 3.63) is 127 Å². The number of carbonyl (C=O) groups is 6. The predicted molar refractivity (Wildman–Crippen MR) is 332 cm³/mol. The summed E-state index contributed by atoms with van der Waals surface area (Å²) in [7, 11) is 0. The Morgan fingerprint density at radius 3 is 1.49 bits per heavy atom. The lowest BCUT2D eigenvalue weighted by Gasteiger charge is -2.26. The number of aromatic nitrogens is 1.